The number of aliphatic hydroxyl groups excluding tert-OH is 1. The van der Waals surface area contributed by atoms with E-state index in [2.05, 4.69) is 36.4 Å². The van der Waals surface area contributed by atoms with Crippen LogP contribution in [0.1, 0.15) is 42.7 Å². The number of carbonyl (C=O) groups is 1. The van der Waals surface area contributed by atoms with E-state index >= 15 is 0 Å². The normalized spacial score (nSPS) is 22.9. The van der Waals surface area contributed by atoms with Crippen LogP contribution in [0.25, 0.3) is 11.1 Å². The summed E-state index contributed by atoms with van der Waals surface area (Å²) in [6, 6.07) is 16.7. The van der Waals surface area contributed by atoms with Gasteiger partial charge < -0.3 is 14.7 Å². The number of piperidine rings is 1. The number of carbonyl (C=O) groups excluding carboxylic acids is 1. The Hall–Kier alpha value is -2.33. The van der Waals surface area contributed by atoms with Crippen molar-refractivity contribution in [1.82, 2.24) is 4.90 Å². The highest BCUT2D eigenvalue weighted by atomic mass is 16.6. The molecule has 27 heavy (non-hydrogen) atoms. The summed E-state index contributed by atoms with van der Waals surface area (Å²) in [6.07, 6.45) is 3.55. The number of fused-ring (bicyclic) bond motifs is 3. The first-order chi connectivity index (χ1) is 13.2. The van der Waals surface area contributed by atoms with Gasteiger partial charge in [0.15, 0.2) is 0 Å². The van der Waals surface area contributed by atoms with Crippen LogP contribution in [-0.4, -0.2) is 41.9 Å². The number of β-amino-alcohol motifs (C(OH)–C–C–N with tert-alkyl or cyclic N) is 1. The van der Waals surface area contributed by atoms with Crippen molar-refractivity contribution in [3.05, 3.63) is 59.7 Å². The molecule has 1 unspecified atom stereocenters. The molecular formula is C23H25NO3. The summed E-state index contributed by atoms with van der Waals surface area (Å²) in [4.78, 5) is 14.3. The SMILES string of the molecule is O=C(OCC1c2ccccc2-c2ccccc21)N1CCC2(CCC2)C(O)C1. The van der Waals surface area contributed by atoms with Crippen LogP contribution in [-0.2, 0) is 4.74 Å². The average Bonchev–Trinajstić information content (AvgIpc) is 2.99. The van der Waals surface area contributed by atoms with Gasteiger partial charge in [0.05, 0.1) is 12.6 Å². The van der Waals surface area contributed by atoms with E-state index in [9.17, 15) is 9.90 Å². The van der Waals surface area contributed by atoms with Crippen LogP contribution in [0.15, 0.2) is 48.5 Å². The molecule has 2 aromatic rings. The molecule has 1 atom stereocenters. The number of nitrogens with zero attached hydrogens (tertiary/aromatic N) is 1. The number of hydrogen-bond acceptors (Lipinski definition) is 3. The fourth-order valence-corrected chi connectivity index (χ4v) is 5.08. The summed E-state index contributed by atoms with van der Waals surface area (Å²) in [5.41, 5.74) is 4.97. The lowest BCUT2D eigenvalue weighted by atomic mass is 9.61. The van der Waals surface area contributed by atoms with E-state index < -0.39 is 6.10 Å². The maximum atomic E-state index is 12.6. The second-order valence-corrected chi connectivity index (χ2v) is 8.23. The van der Waals surface area contributed by atoms with Gasteiger partial charge in [-0.05, 0) is 46.9 Å². The summed E-state index contributed by atoms with van der Waals surface area (Å²) in [6.45, 7) is 1.43. The van der Waals surface area contributed by atoms with E-state index in [1.807, 2.05) is 12.1 Å². The zero-order chi connectivity index (χ0) is 18.4. The lowest BCUT2D eigenvalue weighted by Crippen LogP contribution is -2.55. The van der Waals surface area contributed by atoms with Crippen molar-refractivity contribution < 1.29 is 14.6 Å². The Bertz CT molecular complexity index is 828. The highest BCUT2D eigenvalue weighted by Gasteiger charge is 2.47. The largest absolute Gasteiger partial charge is 0.448 e. The lowest BCUT2D eigenvalue weighted by Gasteiger charge is -2.50. The summed E-state index contributed by atoms with van der Waals surface area (Å²) < 4.78 is 5.72. The molecule has 3 aliphatic rings. The molecule has 1 heterocycles. The predicted molar refractivity (Wildman–Crippen MR) is 104 cm³/mol. The molecule has 1 amide bonds. The van der Waals surface area contributed by atoms with Crippen molar-refractivity contribution in [3.63, 3.8) is 0 Å². The van der Waals surface area contributed by atoms with E-state index in [0.717, 1.165) is 19.3 Å². The third kappa shape index (κ3) is 2.66. The molecule has 1 aliphatic heterocycles. The number of benzene rings is 2. The number of aliphatic hydroxyl groups is 1. The Morgan fingerprint density at radius 1 is 1.04 bits per heavy atom. The quantitative estimate of drug-likeness (QED) is 0.871. The highest BCUT2D eigenvalue weighted by Crippen LogP contribution is 2.49. The van der Waals surface area contributed by atoms with Crippen LogP contribution >= 0.6 is 0 Å². The van der Waals surface area contributed by atoms with Crippen LogP contribution in [0.5, 0.6) is 0 Å². The summed E-state index contributed by atoms with van der Waals surface area (Å²) >= 11 is 0. The number of amides is 1. The van der Waals surface area contributed by atoms with Gasteiger partial charge in [-0.25, -0.2) is 4.79 Å². The average molecular weight is 363 g/mol. The zero-order valence-corrected chi connectivity index (χ0v) is 15.4. The molecule has 2 aromatic carbocycles. The van der Waals surface area contributed by atoms with E-state index in [1.165, 1.54) is 28.7 Å². The molecular weight excluding hydrogens is 338 g/mol. The Morgan fingerprint density at radius 3 is 2.22 bits per heavy atom. The summed E-state index contributed by atoms with van der Waals surface area (Å²) in [5, 5.41) is 10.5. The van der Waals surface area contributed by atoms with Crippen LogP contribution in [0.2, 0.25) is 0 Å². The fourth-order valence-electron chi connectivity index (χ4n) is 5.08. The Balaban J connectivity index is 1.28. The van der Waals surface area contributed by atoms with Crippen molar-refractivity contribution in [1.29, 1.82) is 0 Å². The monoisotopic (exact) mass is 363 g/mol. The summed E-state index contributed by atoms with van der Waals surface area (Å²) in [7, 11) is 0. The van der Waals surface area contributed by atoms with Gasteiger partial charge >= 0.3 is 6.09 Å². The number of likely N-dealkylation sites (tertiary alicyclic amines) is 1. The van der Waals surface area contributed by atoms with Crippen molar-refractivity contribution in [2.45, 2.75) is 37.7 Å². The first-order valence-electron chi connectivity index (χ1n) is 9.96. The maximum absolute atomic E-state index is 12.6. The minimum Gasteiger partial charge on any atom is -0.448 e. The van der Waals surface area contributed by atoms with Crippen molar-refractivity contribution in [2.75, 3.05) is 19.7 Å². The van der Waals surface area contributed by atoms with E-state index in [4.69, 9.17) is 4.74 Å². The van der Waals surface area contributed by atoms with Gasteiger partial charge in [0, 0.05) is 12.5 Å². The van der Waals surface area contributed by atoms with Gasteiger partial charge in [0.2, 0.25) is 0 Å². The standard InChI is InChI=1S/C23H25NO3/c25-21-14-24(13-12-23(21)10-5-11-23)22(26)27-15-20-18-8-3-1-6-16(18)17-7-2-4-9-19(17)20/h1-4,6-9,20-21,25H,5,10-15H2. The van der Waals surface area contributed by atoms with Gasteiger partial charge in [-0.3, -0.25) is 0 Å². The third-order valence-electron chi connectivity index (χ3n) is 6.92. The van der Waals surface area contributed by atoms with Crippen LogP contribution in [0.3, 0.4) is 0 Å². The molecule has 5 rings (SSSR count). The molecule has 0 radical (unpaired) electrons. The van der Waals surface area contributed by atoms with Gasteiger partial charge in [-0.1, -0.05) is 55.0 Å². The second-order valence-electron chi connectivity index (χ2n) is 8.23. The smallest absolute Gasteiger partial charge is 0.409 e. The second kappa shape index (κ2) is 6.38. The predicted octanol–water partition coefficient (Wildman–Crippen LogP) is 4.17. The molecule has 1 N–H and O–H groups in total. The van der Waals surface area contributed by atoms with Crippen molar-refractivity contribution >= 4 is 6.09 Å². The highest BCUT2D eigenvalue weighted by molar-refractivity contribution is 5.79. The molecule has 2 fully saturated rings. The molecule has 1 saturated heterocycles. The van der Waals surface area contributed by atoms with Crippen molar-refractivity contribution in [3.8, 4) is 11.1 Å². The first kappa shape index (κ1) is 16.8. The minimum atomic E-state index is -0.416. The van der Waals surface area contributed by atoms with Crippen LogP contribution in [0.4, 0.5) is 4.79 Å². The first-order valence-corrected chi connectivity index (χ1v) is 9.96. The van der Waals surface area contributed by atoms with Crippen LogP contribution in [0, 0.1) is 5.41 Å². The summed E-state index contributed by atoms with van der Waals surface area (Å²) in [5.74, 6) is 0.0778. The van der Waals surface area contributed by atoms with Gasteiger partial charge in [-0.2, -0.15) is 0 Å². The molecule has 1 spiro atoms. The molecule has 0 aromatic heterocycles. The molecule has 2 aliphatic carbocycles. The molecule has 4 nitrogen and oxygen atoms in total. The van der Waals surface area contributed by atoms with E-state index in [-0.39, 0.29) is 17.4 Å². The number of hydrogen-bond donors (Lipinski definition) is 1. The number of ether oxygens (including phenoxy) is 1. The fraction of sp³-hybridized carbons (Fsp3) is 0.435. The topological polar surface area (TPSA) is 49.8 Å². The Morgan fingerprint density at radius 2 is 1.67 bits per heavy atom. The lowest BCUT2D eigenvalue weighted by molar-refractivity contribution is -0.0861. The van der Waals surface area contributed by atoms with Gasteiger partial charge in [0.1, 0.15) is 6.61 Å². The Kier molecular flexibility index (Phi) is 3.97. The Labute approximate surface area is 159 Å². The molecule has 140 valence electrons. The third-order valence-corrected chi connectivity index (χ3v) is 6.92. The van der Waals surface area contributed by atoms with Gasteiger partial charge in [0.25, 0.3) is 0 Å². The van der Waals surface area contributed by atoms with E-state index in [1.54, 1.807) is 4.90 Å². The zero-order valence-electron chi connectivity index (χ0n) is 15.4. The van der Waals surface area contributed by atoms with Crippen molar-refractivity contribution in [2.24, 2.45) is 5.41 Å². The molecule has 0 bridgehead atoms. The van der Waals surface area contributed by atoms with Crippen LogP contribution < -0.4 is 0 Å². The minimum absolute atomic E-state index is 0.0696. The molecule has 4 heteroatoms. The number of rotatable bonds is 2. The molecule has 1 saturated carbocycles. The maximum Gasteiger partial charge on any atom is 0.409 e. The van der Waals surface area contributed by atoms with Gasteiger partial charge in [-0.15, -0.1) is 0 Å². The van der Waals surface area contributed by atoms with E-state index in [0.29, 0.717) is 19.7 Å².